The van der Waals surface area contributed by atoms with Crippen LogP contribution in [-0.2, 0) is 22.6 Å². The smallest absolute Gasteiger partial charge is 0.181 e. The number of halogens is 1. The Morgan fingerprint density at radius 1 is 0.914 bits per heavy atom. The van der Waals surface area contributed by atoms with E-state index in [9.17, 15) is 0 Å². The van der Waals surface area contributed by atoms with E-state index in [2.05, 4.69) is 63.3 Å². The van der Waals surface area contributed by atoms with Crippen molar-refractivity contribution in [1.82, 2.24) is 9.64 Å². The number of morpholine rings is 1. The number of ether oxygens (including phenoxy) is 3. The SMILES string of the molecule is Brc1ccc2c(c1)[C@H]1O[C@H](Cn3oc4ccc(CN5CCOCC5)cc43)C[C@H]1c1ccccc1O2. The highest BCUT2D eigenvalue weighted by Gasteiger charge is 2.42. The minimum Gasteiger partial charge on any atom is -0.457 e. The Bertz CT molecular complexity index is 1370. The second kappa shape index (κ2) is 8.82. The fraction of sp³-hybridized carbons (Fsp3) is 0.357. The average Bonchev–Trinajstić information content (AvgIpc) is 3.24. The Balaban J connectivity index is 1.15. The highest BCUT2D eigenvalue weighted by atomic mass is 79.9. The molecule has 3 aromatic carbocycles. The van der Waals surface area contributed by atoms with Crippen LogP contribution in [0.15, 0.2) is 69.7 Å². The Hall–Kier alpha value is -2.58. The second-order valence-corrected chi connectivity index (χ2v) is 10.6. The summed E-state index contributed by atoms with van der Waals surface area (Å²) in [5, 5.41) is 0. The maximum atomic E-state index is 6.71. The molecule has 6 nitrogen and oxygen atoms in total. The van der Waals surface area contributed by atoms with Gasteiger partial charge in [-0.15, -0.1) is 0 Å². The predicted molar refractivity (Wildman–Crippen MR) is 136 cm³/mol. The van der Waals surface area contributed by atoms with Gasteiger partial charge in [-0.3, -0.25) is 4.90 Å². The maximum absolute atomic E-state index is 6.71. The fourth-order valence-electron chi connectivity index (χ4n) is 5.70. The molecule has 35 heavy (non-hydrogen) atoms. The summed E-state index contributed by atoms with van der Waals surface area (Å²) in [5.74, 6) is 2.03. The molecule has 3 aliphatic heterocycles. The van der Waals surface area contributed by atoms with Gasteiger partial charge in [0.1, 0.15) is 17.0 Å². The third kappa shape index (κ3) is 4.00. The zero-order valence-electron chi connectivity index (χ0n) is 19.4. The number of nitrogens with zero attached hydrogens (tertiary/aromatic N) is 2. The van der Waals surface area contributed by atoms with E-state index < -0.39 is 0 Å². The van der Waals surface area contributed by atoms with Gasteiger partial charge in [0.25, 0.3) is 0 Å². The molecule has 1 aromatic heterocycles. The monoisotopic (exact) mass is 534 g/mol. The summed E-state index contributed by atoms with van der Waals surface area (Å²) >= 11 is 3.63. The highest BCUT2D eigenvalue weighted by Crippen LogP contribution is 2.53. The third-order valence-corrected chi connectivity index (χ3v) is 7.91. The van der Waals surface area contributed by atoms with Crippen molar-refractivity contribution in [1.29, 1.82) is 0 Å². The van der Waals surface area contributed by atoms with E-state index in [1.807, 2.05) is 22.9 Å². The van der Waals surface area contributed by atoms with Gasteiger partial charge in [-0.2, -0.15) is 0 Å². The molecular formula is C28H27BrN2O4. The highest BCUT2D eigenvalue weighted by molar-refractivity contribution is 9.10. The van der Waals surface area contributed by atoms with Gasteiger partial charge in [0.2, 0.25) is 0 Å². The molecule has 4 aromatic rings. The molecule has 0 N–H and O–H groups in total. The van der Waals surface area contributed by atoms with E-state index in [4.69, 9.17) is 18.7 Å². The Morgan fingerprint density at radius 2 is 1.77 bits per heavy atom. The van der Waals surface area contributed by atoms with Crippen LogP contribution in [0.3, 0.4) is 0 Å². The van der Waals surface area contributed by atoms with E-state index in [1.165, 1.54) is 11.1 Å². The van der Waals surface area contributed by atoms with Crippen LogP contribution in [0.25, 0.3) is 11.1 Å². The van der Waals surface area contributed by atoms with Crippen LogP contribution in [0.5, 0.6) is 11.5 Å². The summed E-state index contributed by atoms with van der Waals surface area (Å²) in [4.78, 5) is 2.44. The van der Waals surface area contributed by atoms with Crippen molar-refractivity contribution in [3.05, 3.63) is 81.8 Å². The number of benzene rings is 3. The first-order valence-corrected chi connectivity index (χ1v) is 13.1. The van der Waals surface area contributed by atoms with Crippen molar-refractivity contribution in [2.45, 2.75) is 37.6 Å². The zero-order chi connectivity index (χ0) is 23.4. The molecule has 3 aliphatic rings. The van der Waals surface area contributed by atoms with Crippen molar-refractivity contribution in [2.75, 3.05) is 26.3 Å². The Labute approximate surface area is 212 Å². The summed E-state index contributed by atoms with van der Waals surface area (Å²) in [7, 11) is 0. The maximum Gasteiger partial charge on any atom is 0.181 e. The largest absolute Gasteiger partial charge is 0.457 e. The first-order chi connectivity index (χ1) is 17.2. The lowest BCUT2D eigenvalue weighted by molar-refractivity contribution is 0.0178. The molecule has 2 fully saturated rings. The molecule has 0 spiro atoms. The topological polar surface area (TPSA) is 49.0 Å². The molecule has 180 valence electrons. The third-order valence-electron chi connectivity index (χ3n) is 7.42. The molecular weight excluding hydrogens is 508 g/mol. The van der Waals surface area contributed by atoms with E-state index in [0.29, 0.717) is 6.54 Å². The fourth-order valence-corrected chi connectivity index (χ4v) is 6.07. The molecule has 0 aliphatic carbocycles. The molecule has 0 unspecified atom stereocenters. The number of hydrogen-bond acceptors (Lipinski definition) is 5. The number of rotatable bonds is 4. The molecule has 0 bridgehead atoms. The van der Waals surface area contributed by atoms with Crippen LogP contribution in [0, 0.1) is 0 Å². The normalized spacial score (nSPS) is 24.0. The summed E-state index contributed by atoms with van der Waals surface area (Å²) in [6.07, 6.45) is 0.920. The van der Waals surface area contributed by atoms with Crippen molar-refractivity contribution in [3.63, 3.8) is 0 Å². The van der Waals surface area contributed by atoms with Gasteiger partial charge in [-0.1, -0.05) is 40.2 Å². The number of hydrogen-bond donors (Lipinski definition) is 0. The average molecular weight is 535 g/mol. The summed E-state index contributed by atoms with van der Waals surface area (Å²) in [6, 6.07) is 21.0. The summed E-state index contributed by atoms with van der Waals surface area (Å²) in [5.41, 5.74) is 5.71. The molecule has 0 radical (unpaired) electrons. The van der Waals surface area contributed by atoms with Crippen LogP contribution in [0.1, 0.15) is 35.1 Å². The Kier molecular flexibility index (Phi) is 5.46. The van der Waals surface area contributed by atoms with Gasteiger partial charge in [0.05, 0.1) is 32.0 Å². The lowest BCUT2D eigenvalue weighted by Crippen LogP contribution is -2.35. The van der Waals surface area contributed by atoms with Crippen molar-refractivity contribution < 1.29 is 18.7 Å². The van der Waals surface area contributed by atoms with Crippen molar-refractivity contribution in [3.8, 4) is 11.5 Å². The molecule has 0 amide bonds. The van der Waals surface area contributed by atoms with Gasteiger partial charge in [0.15, 0.2) is 5.58 Å². The van der Waals surface area contributed by atoms with E-state index >= 15 is 0 Å². The first kappa shape index (κ1) is 21.7. The van der Waals surface area contributed by atoms with Gasteiger partial charge in [-0.05, 0) is 48.4 Å². The molecule has 4 heterocycles. The minimum atomic E-state index is -0.0513. The van der Waals surface area contributed by atoms with Gasteiger partial charge >= 0.3 is 0 Å². The number of aromatic nitrogens is 1. The van der Waals surface area contributed by atoms with Crippen LogP contribution in [0.2, 0.25) is 0 Å². The van der Waals surface area contributed by atoms with E-state index in [-0.39, 0.29) is 18.1 Å². The molecule has 3 atom stereocenters. The standard InChI is InChI=1S/C28H27BrN2O4/c29-19-6-8-26-23(14-19)28-22(21-3-1-2-4-25(21)34-26)15-20(33-28)17-31-24-13-18(5-7-27(24)35-31)16-30-9-11-32-12-10-30/h1-8,13-14,20,22,28H,9-12,15-17H2/t20-,22-,28-/m0/s1. The number of fused-ring (bicyclic) bond motifs is 6. The van der Waals surface area contributed by atoms with Crippen molar-refractivity contribution in [2.24, 2.45) is 0 Å². The second-order valence-electron chi connectivity index (χ2n) is 9.69. The van der Waals surface area contributed by atoms with E-state index in [1.54, 1.807) is 0 Å². The lowest BCUT2D eigenvalue weighted by atomic mass is 9.87. The van der Waals surface area contributed by atoms with Crippen molar-refractivity contribution >= 4 is 27.0 Å². The van der Waals surface area contributed by atoms with Gasteiger partial charge in [0, 0.05) is 41.2 Å². The quantitative estimate of drug-likeness (QED) is 0.309. The van der Waals surface area contributed by atoms with Gasteiger partial charge in [-0.25, -0.2) is 4.74 Å². The van der Waals surface area contributed by atoms with Gasteiger partial charge < -0.3 is 18.7 Å². The first-order valence-electron chi connectivity index (χ1n) is 12.3. The summed E-state index contributed by atoms with van der Waals surface area (Å²) in [6.45, 7) is 5.24. The zero-order valence-corrected chi connectivity index (χ0v) is 20.9. The van der Waals surface area contributed by atoms with Crippen LogP contribution >= 0.6 is 15.9 Å². The minimum absolute atomic E-state index is 0.0513. The van der Waals surface area contributed by atoms with Crippen LogP contribution < -0.4 is 4.74 Å². The Morgan fingerprint density at radius 3 is 2.69 bits per heavy atom. The molecule has 0 saturated carbocycles. The van der Waals surface area contributed by atoms with E-state index in [0.717, 1.165) is 71.9 Å². The van der Waals surface area contributed by atoms with Crippen LogP contribution in [0.4, 0.5) is 0 Å². The lowest BCUT2D eigenvalue weighted by Gasteiger charge is -2.27. The predicted octanol–water partition coefficient (Wildman–Crippen LogP) is 6.25. The van der Waals surface area contributed by atoms with Crippen LogP contribution in [-0.4, -0.2) is 42.0 Å². The molecule has 7 rings (SSSR count). The molecule has 2 saturated heterocycles. The summed E-state index contributed by atoms with van der Waals surface area (Å²) < 4.78 is 27.6. The number of para-hydroxylation sites is 1. The molecule has 7 heteroatoms.